The van der Waals surface area contributed by atoms with Crippen molar-refractivity contribution in [3.8, 4) is 11.1 Å². The molecule has 3 aromatic carbocycles. The fourth-order valence-corrected chi connectivity index (χ4v) is 2.65. The molecule has 0 saturated heterocycles. The zero-order chi connectivity index (χ0) is 18.4. The van der Waals surface area contributed by atoms with Gasteiger partial charge in [-0.05, 0) is 35.2 Å². The topological polar surface area (TPSA) is 43.4 Å². The number of esters is 1. The second kappa shape index (κ2) is 8.26. The van der Waals surface area contributed by atoms with Crippen LogP contribution in [0.4, 0.5) is 0 Å². The first kappa shape index (κ1) is 17.6. The van der Waals surface area contributed by atoms with Gasteiger partial charge in [0.1, 0.15) is 0 Å². The fourth-order valence-electron chi connectivity index (χ4n) is 2.65. The summed E-state index contributed by atoms with van der Waals surface area (Å²) in [5.41, 5.74) is 4.26. The highest BCUT2D eigenvalue weighted by Gasteiger charge is 2.12. The van der Waals surface area contributed by atoms with Crippen LogP contribution < -0.4 is 0 Å². The van der Waals surface area contributed by atoms with Gasteiger partial charge in [0.2, 0.25) is 0 Å². The molecule has 0 atom stereocenters. The van der Waals surface area contributed by atoms with E-state index in [0.29, 0.717) is 11.1 Å². The van der Waals surface area contributed by atoms with E-state index in [1.807, 2.05) is 54.6 Å². The van der Waals surface area contributed by atoms with Crippen LogP contribution in [0, 0.1) is 0 Å². The van der Waals surface area contributed by atoms with Crippen LogP contribution >= 0.6 is 0 Å². The monoisotopic (exact) mass is 344 g/mol. The summed E-state index contributed by atoms with van der Waals surface area (Å²) in [5.74, 6) is -0.704. The summed E-state index contributed by atoms with van der Waals surface area (Å²) < 4.78 is 5.14. The highest BCUT2D eigenvalue weighted by atomic mass is 16.5. The number of Topliss-reactive ketones (excluding diaryl/α,β-unsaturated/α-hetero) is 1. The fraction of sp³-hybridized carbons (Fsp3) is 0.130. The molecule has 3 rings (SSSR count). The van der Waals surface area contributed by atoms with Gasteiger partial charge in [0, 0.05) is 5.56 Å². The van der Waals surface area contributed by atoms with Crippen molar-refractivity contribution < 1.29 is 14.3 Å². The van der Waals surface area contributed by atoms with Crippen LogP contribution in [0.3, 0.4) is 0 Å². The van der Waals surface area contributed by atoms with E-state index < -0.39 is 5.97 Å². The lowest BCUT2D eigenvalue weighted by Gasteiger charge is -2.06. The van der Waals surface area contributed by atoms with Gasteiger partial charge in [0.05, 0.1) is 5.56 Å². The molecule has 26 heavy (non-hydrogen) atoms. The van der Waals surface area contributed by atoms with Crippen LogP contribution in [-0.2, 0) is 11.2 Å². The summed E-state index contributed by atoms with van der Waals surface area (Å²) in [5, 5.41) is 0. The molecule has 3 aromatic rings. The number of ketones is 1. The molecule has 3 heteroatoms. The Kier molecular flexibility index (Phi) is 5.59. The highest BCUT2D eigenvalue weighted by Crippen LogP contribution is 2.19. The number of aryl methyl sites for hydroxylation is 1. The van der Waals surface area contributed by atoms with E-state index in [-0.39, 0.29) is 12.4 Å². The van der Waals surface area contributed by atoms with Crippen molar-refractivity contribution in [2.24, 2.45) is 0 Å². The van der Waals surface area contributed by atoms with E-state index in [0.717, 1.165) is 23.1 Å². The van der Waals surface area contributed by atoms with E-state index in [1.165, 1.54) is 0 Å². The van der Waals surface area contributed by atoms with Crippen molar-refractivity contribution in [2.75, 3.05) is 6.61 Å². The van der Waals surface area contributed by atoms with E-state index >= 15 is 0 Å². The largest absolute Gasteiger partial charge is 0.454 e. The van der Waals surface area contributed by atoms with Crippen molar-refractivity contribution in [1.82, 2.24) is 0 Å². The van der Waals surface area contributed by atoms with Crippen molar-refractivity contribution in [2.45, 2.75) is 13.3 Å². The summed E-state index contributed by atoms with van der Waals surface area (Å²) in [7, 11) is 0. The first-order valence-electron chi connectivity index (χ1n) is 8.62. The molecule has 0 aliphatic rings. The van der Waals surface area contributed by atoms with Crippen molar-refractivity contribution in [1.29, 1.82) is 0 Å². The van der Waals surface area contributed by atoms with Crippen LogP contribution in [-0.4, -0.2) is 18.4 Å². The van der Waals surface area contributed by atoms with Crippen molar-refractivity contribution in [3.05, 3.63) is 95.6 Å². The smallest absolute Gasteiger partial charge is 0.338 e. The third-order valence-electron chi connectivity index (χ3n) is 4.25. The Labute approximate surface area is 153 Å². The summed E-state index contributed by atoms with van der Waals surface area (Å²) >= 11 is 0. The molecule has 0 N–H and O–H groups in total. The van der Waals surface area contributed by atoms with E-state index in [2.05, 4.69) is 6.92 Å². The number of rotatable bonds is 6. The number of benzene rings is 3. The minimum atomic E-state index is -0.484. The first-order chi connectivity index (χ1) is 12.7. The number of ether oxygens (including phenoxy) is 1. The zero-order valence-electron chi connectivity index (χ0n) is 14.6. The molecule has 0 aliphatic carbocycles. The zero-order valence-corrected chi connectivity index (χ0v) is 14.6. The Morgan fingerprint density at radius 1 is 0.731 bits per heavy atom. The molecule has 130 valence electrons. The molecular weight excluding hydrogens is 324 g/mol. The average molecular weight is 344 g/mol. The van der Waals surface area contributed by atoms with Crippen LogP contribution in [0.5, 0.6) is 0 Å². The SMILES string of the molecule is CCc1ccc(C(=O)OCC(=O)c2ccc(-c3ccccc3)cc2)cc1. The lowest BCUT2D eigenvalue weighted by Crippen LogP contribution is -2.14. The summed E-state index contributed by atoms with van der Waals surface area (Å²) in [4.78, 5) is 24.3. The van der Waals surface area contributed by atoms with E-state index in [4.69, 9.17) is 4.74 Å². The highest BCUT2D eigenvalue weighted by molar-refractivity contribution is 5.99. The Balaban J connectivity index is 1.60. The Hall–Kier alpha value is -3.20. The maximum Gasteiger partial charge on any atom is 0.338 e. The first-order valence-corrected chi connectivity index (χ1v) is 8.62. The second-order valence-electron chi connectivity index (χ2n) is 5.99. The predicted octanol–water partition coefficient (Wildman–Crippen LogP) is 4.96. The molecule has 3 nitrogen and oxygen atoms in total. The van der Waals surface area contributed by atoms with Gasteiger partial charge in [0.25, 0.3) is 0 Å². The lowest BCUT2D eigenvalue weighted by atomic mass is 10.0. The Morgan fingerprint density at radius 2 is 1.31 bits per heavy atom. The van der Waals surface area contributed by atoms with Crippen LogP contribution in [0.2, 0.25) is 0 Å². The Morgan fingerprint density at radius 3 is 1.92 bits per heavy atom. The summed E-state index contributed by atoms with van der Waals surface area (Å²) in [6.07, 6.45) is 0.910. The molecule has 0 spiro atoms. The summed E-state index contributed by atoms with van der Waals surface area (Å²) in [6, 6.07) is 24.5. The molecule has 0 heterocycles. The molecule has 0 fully saturated rings. The van der Waals surface area contributed by atoms with Gasteiger partial charge < -0.3 is 4.74 Å². The van der Waals surface area contributed by atoms with Crippen LogP contribution in [0.25, 0.3) is 11.1 Å². The van der Waals surface area contributed by atoms with E-state index in [9.17, 15) is 9.59 Å². The van der Waals surface area contributed by atoms with Gasteiger partial charge >= 0.3 is 5.97 Å². The van der Waals surface area contributed by atoms with Gasteiger partial charge in [0.15, 0.2) is 12.4 Å². The average Bonchev–Trinajstić information content (AvgIpc) is 2.72. The van der Waals surface area contributed by atoms with Crippen LogP contribution in [0.1, 0.15) is 33.2 Å². The maximum atomic E-state index is 12.3. The lowest BCUT2D eigenvalue weighted by molar-refractivity contribution is 0.0475. The van der Waals surface area contributed by atoms with Gasteiger partial charge in [-0.3, -0.25) is 4.79 Å². The number of carbonyl (C=O) groups is 2. The van der Waals surface area contributed by atoms with Crippen molar-refractivity contribution >= 4 is 11.8 Å². The molecular formula is C23H20O3. The standard InChI is InChI=1S/C23H20O3/c1-2-17-8-10-21(11-9-17)23(25)26-16-22(24)20-14-12-19(13-15-20)18-6-4-3-5-7-18/h3-15H,2,16H2,1H3. The van der Waals surface area contributed by atoms with Crippen molar-refractivity contribution in [3.63, 3.8) is 0 Å². The second-order valence-corrected chi connectivity index (χ2v) is 5.99. The number of hydrogen-bond donors (Lipinski definition) is 0. The van der Waals surface area contributed by atoms with Gasteiger partial charge in [-0.15, -0.1) is 0 Å². The maximum absolute atomic E-state index is 12.3. The number of carbonyl (C=O) groups excluding carboxylic acids is 2. The molecule has 0 aliphatic heterocycles. The van der Waals surface area contributed by atoms with Gasteiger partial charge in [-0.2, -0.15) is 0 Å². The molecule has 0 unspecified atom stereocenters. The number of hydrogen-bond acceptors (Lipinski definition) is 3. The summed E-state index contributed by atoms with van der Waals surface area (Å²) in [6.45, 7) is 1.79. The predicted molar refractivity (Wildman–Crippen MR) is 102 cm³/mol. The third kappa shape index (κ3) is 4.25. The molecule has 0 saturated carbocycles. The Bertz CT molecular complexity index is 879. The van der Waals surface area contributed by atoms with Gasteiger partial charge in [-0.25, -0.2) is 4.79 Å². The van der Waals surface area contributed by atoms with Gasteiger partial charge in [-0.1, -0.05) is 73.7 Å². The minimum Gasteiger partial charge on any atom is -0.454 e. The van der Waals surface area contributed by atoms with E-state index in [1.54, 1.807) is 24.3 Å². The minimum absolute atomic E-state index is 0.219. The molecule has 0 radical (unpaired) electrons. The van der Waals surface area contributed by atoms with Crippen LogP contribution in [0.15, 0.2) is 78.9 Å². The molecule has 0 aromatic heterocycles. The normalized spacial score (nSPS) is 10.3. The molecule has 0 bridgehead atoms. The third-order valence-corrected chi connectivity index (χ3v) is 4.25. The quantitative estimate of drug-likeness (QED) is 0.469. The molecule has 0 amide bonds.